The van der Waals surface area contributed by atoms with Gasteiger partial charge in [0.05, 0.1) is 23.0 Å². The molecule has 0 N–H and O–H groups in total. The Kier molecular flexibility index (Phi) is 4.03. The van der Waals surface area contributed by atoms with Crippen molar-refractivity contribution in [2.45, 2.75) is 42.6 Å². The molecule has 0 amide bonds. The summed E-state index contributed by atoms with van der Waals surface area (Å²) in [6, 6.07) is 11.1. The van der Waals surface area contributed by atoms with Crippen molar-refractivity contribution in [2.24, 2.45) is 0 Å². The van der Waals surface area contributed by atoms with E-state index in [4.69, 9.17) is 5.26 Å². The van der Waals surface area contributed by atoms with Crippen molar-refractivity contribution in [1.82, 2.24) is 0 Å². The summed E-state index contributed by atoms with van der Waals surface area (Å²) in [7, 11) is -3.24. The minimum atomic E-state index is -3.24. The van der Waals surface area contributed by atoms with Gasteiger partial charge in [-0.25, -0.2) is 8.42 Å². The zero-order valence-electron chi connectivity index (χ0n) is 10.2. The van der Waals surface area contributed by atoms with Crippen LogP contribution < -0.4 is 0 Å². The van der Waals surface area contributed by atoms with E-state index in [1.807, 2.05) is 24.3 Å². The quantitative estimate of drug-likeness (QED) is 0.839. The summed E-state index contributed by atoms with van der Waals surface area (Å²) >= 11 is 0. The Bertz CT molecular complexity index is 525. The number of nitrogens with zero attached hydrogens (tertiary/aromatic N) is 1. The van der Waals surface area contributed by atoms with Crippen molar-refractivity contribution in [1.29, 1.82) is 5.26 Å². The summed E-state index contributed by atoms with van der Waals surface area (Å²) in [4.78, 5) is 0. The van der Waals surface area contributed by atoms with Crippen molar-refractivity contribution in [3.8, 4) is 6.07 Å². The molecule has 0 radical (unpaired) electrons. The second-order valence-electron chi connectivity index (χ2n) is 4.76. The highest BCUT2D eigenvalue weighted by molar-refractivity contribution is 7.92. The summed E-state index contributed by atoms with van der Waals surface area (Å²) in [6.07, 6.45) is 3.51. The van der Waals surface area contributed by atoms with Gasteiger partial charge in [0.2, 0.25) is 0 Å². The average molecular weight is 263 g/mol. The fourth-order valence-electron chi connectivity index (χ4n) is 2.62. The molecule has 1 aromatic rings. The smallest absolute Gasteiger partial charge is 0.161 e. The van der Waals surface area contributed by atoms with Crippen molar-refractivity contribution in [2.75, 3.05) is 0 Å². The van der Waals surface area contributed by atoms with Gasteiger partial charge in [-0.2, -0.15) is 5.26 Å². The van der Waals surface area contributed by atoms with E-state index in [1.54, 1.807) is 12.1 Å². The van der Waals surface area contributed by atoms with Gasteiger partial charge >= 0.3 is 0 Å². The molecule has 1 atom stereocenters. The fraction of sp³-hybridized carbons (Fsp3) is 0.500. The molecule has 1 aliphatic rings. The lowest BCUT2D eigenvalue weighted by atomic mass is 10.1. The first-order valence-corrected chi connectivity index (χ1v) is 7.92. The number of sulfone groups is 1. The molecule has 4 heteroatoms. The largest absolute Gasteiger partial charge is 0.228 e. The van der Waals surface area contributed by atoms with E-state index in [2.05, 4.69) is 0 Å². The van der Waals surface area contributed by atoms with Crippen LogP contribution in [0.3, 0.4) is 0 Å². The molecule has 0 heterocycles. The van der Waals surface area contributed by atoms with E-state index in [-0.39, 0.29) is 11.7 Å². The second-order valence-corrected chi connectivity index (χ2v) is 7.17. The monoisotopic (exact) mass is 263 g/mol. The molecule has 2 rings (SSSR count). The van der Waals surface area contributed by atoms with Gasteiger partial charge in [-0.15, -0.1) is 0 Å². The van der Waals surface area contributed by atoms with Crippen LogP contribution >= 0.6 is 0 Å². The number of nitriles is 1. The van der Waals surface area contributed by atoms with E-state index < -0.39 is 15.1 Å². The van der Waals surface area contributed by atoms with Gasteiger partial charge in [0.25, 0.3) is 0 Å². The van der Waals surface area contributed by atoms with E-state index in [0.29, 0.717) is 0 Å². The Hall–Kier alpha value is -1.34. The molecule has 0 aliphatic heterocycles. The molecule has 1 saturated carbocycles. The summed E-state index contributed by atoms with van der Waals surface area (Å²) < 4.78 is 25.1. The van der Waals surface area contributed by atoms with E-state index in [9.17, 15) is 8.42 Å². The van der Waals surface area contributed by atoms with E-state index in [1.165, 1.54) is 0 Å². The third-order valence-electron chi connectivity index (χ3n) is 3.61. The zero-order chi connectivity index (χ0) is 13.0. The third kappa shape index (κ3) is 2.56. The topological polar surface area (TPSA) is 57.9 Å². The van der Waals surface area contributed by atoms with Crippen molar-refractivity contribution < 1.29 is 8.42 Å². The third-order valence-corrected chi connectivity index (χ3v) is 6.24. The SMILES string of the molecule is N#CCC(c1ccccc1)S(=O)(=O)C1CCCC1. The molecule has 0 aromatic heterocycles. The summed E-state index contributed by atoms with van der Waals surface area (Å²) in [5.74, 6) is 0. The van der Waals surface area contributed by atoms with Crippen molar-refractivity contribution >= 4 is 9.84 Å². The van der Waals surface area contributed by atoms with Crippen LogP contribution in [0.1, 0.15) is 42.9 Å². The number of hydrogen-bond donors (Lipinski definition) is 0. The van der Waals surface area contributed by atoms with Gasteiger partial charge < -0.3 is 0 Å². The number of hydrogen-bond acceptors (Lipinski definition) is 3. The molecule has 1 unspecified atom stereocenters. The molecular formula is C14H17NO2S. The first-order chi connectivity index (χ1) is 8.66. The Morgan fingerprint density at radius 1 is 1.22 bits per heavy atom. The molecule has 96 valence electrons. The van der Waals surface area contributed by atoms with Crippen LogP contribution in [0.2, 0.25) is 0 Å². The summed E-state index contributed by atoms with van der Waals surface area (Å²) in [5.41, 5.74) is 0.742. The van der Waals surface area contributed by atoms with E-state index in [0.717, 1.165) is 31.2 Å². The van der Waals surface area contributed by atoms with Crippen molar-refractivity contribution in [3.63, 3.8) is 0 Å². The molecule has 0 bridgehead atoms. The van der Waals surface area contributed by atoms with E-state index >= 15 is 0 Å². The lowest BCUT2D eigenvalue weighted by molar-refractivity contribution is 0.565. The zero-order valence-corrected chi connectivity index (χ0v) is 11.1. The molecule has 18 heavy (non-hydrogen) atoms. The van der Waals surface area contributed by atoms with Gasteiger partial charge in [0.15, 0.2) is 9.84 Å². The van der Waals surface area contributed by atoms with Crippen LogP contribution in [0.4, 0.5) is 0 Å². The van der Waals surface area contributed by atoms with Gasteiger partial charge in [-0.1, -0.05) is 43.2 Å². The van der Waals surface area contributed by atoms with Gasteiger partial charge in [0.1, 0.15) is 0 Å². The Labute approximate surface area is 108 Å². The molecule has 1 aliphatic carbocycles. The van der Waals surface area contributed by atoms with Crippen LogP contribution in [-0.2, 0) is 9.84 Å². The molecular weight excluding hydrogens is 246 g/mol. The van der Waals surface area contributed by atoms with Crippen molar-refractivity contribution in [3.05, 3.63) is 35.9 Å². The number of rotatable bonds is 4. The lowest BCUT2D eigenvalue weighted by Gasteiger charge is -2.19. The molecule has 0 spiro atoms. The first kappa shape index (κ1) is 13.1. The summed E-state index contributed by atoms with van der Waals surface area (Å²) in [5, 5.41) is 7.98. The van der Waals surface area contributed by atoms with Gasteiger partial charge in [0, 0.05) is 0 Å². The highest BCUT2D eigenvalue weighted by Crippen LogP contribution is 2.35. The number of benzene rings is 1. The Morgan fingerprint density at radius 2 is 1.83 bits per heavy atom. The molecule has 1 aromatic carbocycles. The molecule has 0 saturated heterocycles. The minimum absolute atomic E-state index is 0.0445. The highest BCUT2D eigenvalue weighted by atomic mass is 32.2. The Balaban J connectivity index is 2.33. The van der Waals surface area contributed by atoms with Crippen LogP contribution in [0.5, 0.6) is 0 Å². The maximum absolute atomic E-state index is 12.6. The average Bonchev–Trinajstić information content (AvgIpc) is 2.91. The van der Waals surface area contributed by atoms with Gasteiger partial charge in [-0.05, 0) is 18.4 Å². The van der Waals surface area contributed by atoms with Gasteiger partial charge in [-0.3, -0.25) is 0 Å². The second kappa shape index (κ2) is 5.53. The summed E-state index contributed by atoms with van der Waals surface area (Å²) in [6.45, 7) is 0. The first-order valence-electron chi connectivity index (χ1n) is 6.31. The fourth-order valence-corrected chi connectivity index (χ4v) is 4.92. The highest BCUT2D eigenvalue weighted by Gasteiger charge is 2.36. The van der Waals surface area contributed by atoms with Crippen LogP contribution in [-0.4, -0.2) is 13.7 Å². The maximum Gasteiger partial charge on any atom is 0.161 e. The predicted octanol–water partition coefficient (Wildman–Crippen LogP) is 3.00. The van der Waals surface area contributed by atoms with Crippen LogP contribution in [0, 0.1) is 11.3 Å². The maximum atomic E-state index is 12.6. The lowest BCUT2D eigenvalue weighted by Crippen LogP contribution is -2.24. The molecule has 3 nitrogen and oxygen atoms in total. The Morgan fingerprint density at radius 3 is 2.39 bits per heavy atom. The minimum Gasteiger partial charge on any atom is -0.228 e. The normalized spacial score (nSPS) is 18.4. The van der Waals surface area contributed by atoms with Crippen LogP contribution in [0.15, 0.2) is 30.3 Å². The molecule has 1 fully saturated rings. The predicted molar refractivity (Wildman–Crippen MR) is 70.6 cm³/mol. The standard InChI is InChI=1S/C14H17NO2S/c15-11-10-14(12-6-2-1-3-7-12)18(16,17)13-8-4-5-9-13/h1-3,6-7,13-14H,4-5,8-10H2. The van der Waals surface area contributed by atoms with Crippen LogP contribution in [0.25, 0.3) is 0 Å².